The molecule has 1 aliphatic heterocycles. The largest absolute Gasteiger partial charge is 0.465 e. The molecular weight excluding hydrogens is 432 g/mol. The lowest BCUT2D eigenvalue weighted by Crippen LogP contribution is -2.53. The number of carboxylic acid groups (broad SMARTS) is 3. The van der Waals surface area contributed by atoms with Gasteiger partial charge < -0.3 is 50.1 Å². The number of hydrogen-bond acceptors (Lipinski definition) is 8. The monoisotopic (exact) mass is 466 g/mol. The summed E-state index contributed by atoms with van der Waals surface area (Å²) in [5.74, 6) is 0. The van der Waals surface area contributed by atoms with Crippen LogP contribution in [0.4, 0.5) is 14.4 Å². The van der Waals surface area contributed by atoms with Crippen molar-refractivity contribution in [3.63, 3.8) is 0 Å². The zero-order valence-electron chi connectivity index (χ0n) is 18.1. The fourth-order valence-electron chi connectivity index (χ4n) is 3.28. The molecular formula is C18H34N4O10. The van der Waals surface area contributed by atoms with E-state index in [1.165, 1.54) is 0 Å². The number of rotatable bonds is 7. The summed E-state index contributed by atoms with van der Waals surface area (Å²) in [5.41, 5.74) is 0. The summed E-state index contributed by atoms with van der Waals surface area (Å²) in [5, 5.41) is 56.7. The molecule has 186 valence electrons. The van der Waals surface area contributed by atoms with E-state index in [1.807, 2.05) is 0 Å². The van der Waals surface area contributed by atoms with Gasteiger partial charge in [0.2, 0.25) is 0 Å². The summed E-state index contributed by atoms with van der Waals surface area (Å²) in [4.78, 5) is 39.7. The first kappa shape index (κ1) is 27.6. The standard InChI is InChI=1S/C18H34N4O10/c1-13-8-21(17(28)29)6-5-20(16(26)27)4-2-19(3-7-22(13)18(30)31)9-14(24)11-32-12-15(25)10-23/h13-15,23-25H,2-12H2,1H3,(H,26,27)(H,28,29)(H,30,31). The lowest BCUT2D eigenvalue weighted by Gasteiger charge is -2.35. The van der Waals surface area contributed by atoms with Gasteiger partial charge in [-0.1, -0.05) is 0 Å². The highest BCUT2D eigenvalue weighted by molar-refractivity contribution is 5.67. The molecule has 0 radical (unpaired) electrons. The predicted octanol–water partition coefficient (Wildman–Crippen LogP) is -1.64. The van der Waals surface area contributed by atoms with Crippen LogP contribution in [0.3, 0.4) is 0 Å². The van der Waals surface area contributed by atoms with Crippen molar-refractivity contribution < 1.29 is 49.8 Å². The van der Waals surface area contributed by atoms with Crippen LogP contribution in [0.2, 0.25) is 0 Å². The molecule has 3 unspecified atom stereocenters. The number of aliphatic hydroxyl groups is 3. The van der Waals surface area contributed by atoms with E-state index in [9.17, 15) is 39.9 Å². The third-order valence-electron chi connectivity index (χ3n) is 5.09. The minimum absolute atomic E-state index is 0.0217. The first-order chi connectivity index (χ1) is 15.0. The van der Waals surface area contributed by atoms with Crippen molar-refractivity contribution in [2.75, 3.05) is 72.2 Å². The van der Waals surface area contributed by atoms with Gasteiger partial charge in [0.25, 0.3) is 0 Å². The first-order valence-corrected chi connectivity index (χ1v) is 10.3. The topological polar surface area (TPSA) is 195 Å². The Bertz CT molecular complexity index is 610. The number of hydrogen-bond donors (Lipinski definition) is 6. The molecule has 1 heterocycles. The zero-order chi connectivity index (χ0) is 24.3. The van der Waals surface area contributed by atoms with Crippen LogP contribution in [0.15, 0.2) is 0 Å². The molecule has 0 bridgehead atoms. The molecule has 0 aromatic carbocycles. The zero-order valence-corrected chi connectivity index (χ0v) is 18.1. The SMILES string of the molecule is CC1CN(C(=O)O)CCN(C(=O)O)CCN(CC(O)COCC(O)CO)CCN1C(=O)O. The lowest BCUT2D eigenvalue weighted by molar-refractivity contribution is -0.0323. The summed E-state index contributed by atoms with van der Waals surface area (Å²) >= 11 is 0. The van der Waals surface area contributed by atoms with Gasteiger partial charge in [0.1, 0.15) is 6.10 Å². The molecule has 14 heteroatoms. The highest BCUT2D eigenvalue weighted by atomic mass is 16.5. The van der Waals surface area contributed by atoms with E-state index in [0.29, 0.717) is 0 Å². The molecule has 0 aromatic heterocycles. The minimum Gasteiger partial charge on any atom is -0.465 e. The van der Waals surface area contributed by atoms with Crippen LogP contribution in [0.5, 0.6) is 0 Å². The highest BCUT2D eigenvalue weighted by Crippen LogP contribution is 2.08. The molecule has 0 aromatic rings. The van der Waals surface area contributed by atoms with E-state index in [4.69, 9.17) is 9.84 Å². The number of amides is 3. The number of carbonyl (C=O) groups is 3. The number of aliphatic hydroxyl groups excluding tert-OH is 3. The second-order valence-electron chi connectivity index (χ2n) is 7.65. The van der Waals surface area contributed by atoms with E-state index in [0.717, 1.165) is 14.7 Å². The quantitative estimate of drug-likeness (QED) is 0.252. The van der Waals surface area contributed by atoms with Crippen LogP contribution in [-0.4, -0.2) is 159 Å². The van der Waals surface area contributed by atoms with Crippen LogP contribution in [0.25, 0.3) is 0 Å². The molecule has 3 amide bonds. The number of nitrogens with zero attached hydrogens (tertiary/aromatic N) is 4. The van der Waals surface area contributed by atoms with Gasteiger partial charge in [-0.25, -0.2) is 14.4 Å². The van der Waals surface area contributed by atoms with Crippen LogP contribution >= 0.6 is 0 Å². The molecule has 1 aliphatic rings. The first-order valence-electron chi connectivity index (χ1n) is 10.3. The molecule has 0 aliphatic carbocycles. The Labute approximate surface area is 185 Å². The fourth-order valence-corrected chi connectivity index (χ4v) is 3.28. The third kappa shape index (κ3) is 9.82. The van der Waals surface area contributed by atoms with Gasteiger partial charge in [-0.15, -0.1) is 0 Å². The van der Waals surface area contributed by atoms with E-state index < -0.39 is 43.1 Å². The van der Waals surface area contributed by atoms with E-state index in [-0.39, 0.29) is 65.6 Å². The average Bonchev–Trinajstić information content (AvgIpc) is 2.70. The number of β-amino-alcohol motifs (C(OH)–C–C–N with tert-alkyl or cyclic N) is 1. The molecule has 32 heavy (non-hydrogen) atoms. The summed E-state index contributed by atoms with van der Waals surface area (Å²) in [6.45, 7) is 0.961. The van der Waals surface area contributed by atoms with E-state index in [1.54, 1.807) is 11.8 Å². The van der Waals surface area contributed by atoms with Gasteiger partial charge in [0.05, 0.1) is 25.9 Å². The molecule has 6 N–H and O–H groups in total. The van der Waals surface area contributed by atoms with Gasteiger partial charge in [-0.3, -0.25) is 4.90 Å². The predicted molar refractivity (Wildman–Crippen MR) is 110 cm³/mol. The summed E-state index contributed by atoms with van der Waals surface area (Å²) < 4.78 is 5.14. The summed E-state index contributed by atoms with van der Waals surface area (Å²) in [6, 6.07) is -0.670. The van der Waals surface area contributed by atoms with Gasteiger partial charge in [-0.2, -0.15) is 0 Å². The maximum atomic E-state index is 11.7. The van der Waals surface area contributed by atoms with Crippen LogP contribution in [-0.2, 0) is 4.74 Å². The van der Waals surface area contributed by atoms with Crippen LogP contribution in [0, 0.1) is 0 Å². The Morgan fingerprint density at radius 1 is 0.844 bits per heavy atom. The van der Waals surface area contributed by atoms with Crippen molar-refractivity contribution in [2.24, 2.45) is 0 Å². The van der Waals surface area contributed by atoms with Crippen molar-refractivity contribution >= 4 is 18.3 Å². The molecule has 3 atom stereocenters. The van der Waals surface area contributed by atoms with Crippen molar-refractivity contribution in [3.8, 4) is 0 Å². The Balaban J connectivity index is 2.89. The normalized spacial score (nSPS) is 21.4. The van der Waals surface area contributed by atoms with E-state index >= 15 is 0 Å². The highest BCUT2D eigenvalue weighted by Gasteiger charge is 2.27. The van der Waals surface area contributed by atoms with Gasteiger partial charge in [0.15, 0.2) is 0 Å². The second kappa shape index (κ2) is 13.9. The van der Waals surface area contributed by atoms with Crippen LogP contribution < -0.4 is 0 Å². The van der Waals surface area contributed by atoms with Crippen molar-refractivity contribution in [1.82, 2.24) is 19.6 Å². The van der Waals surface area contributed by atoms with Gasteiger partial charge in [0, 0.05) is 58.4 Å². The van der Waals surface area contributed by atoms with Crippen molar-refractivity contribution in [2.45, 2.75) is 25.2 Å². The minimum atomic E-state index is -1.26. The third-order valence-corrected chi connectivity index (χ3v) is 5.09. The van der Waals surface area contributed by atoms with Gasteiger partial charge in [-0.05, 0) is 6.92 Å². The summed E-state index contributed by atoms with van der Waals surface area (Å²) in [7, 11) is 0. The lowest BCUT2D eigenvalue weighted by atomic mass is 10.2. The maximum absolute atomic E-state index is 11.7. The Morgan fingerprint density at radius 2 is 1.38 bits per heavy atom. The smallest absolute Gasteiger partial charge is 0.407 e. The molecule has 1 rings (SSSR count). The van der Waals surface area contributed by atoms with E-state index in [2.05, 4.69) is 0 Å². The Morgan fingerprint density at radius 3 is 1.94 bits per heavy atom. The molecule has 1 fully saturated rings. The fraction of sp³-hybridized carbons (Fsp3) is 0.833. The average molecular weight is 466 g/mol. The van der Waals surface area contributed by atoms with Crippen molar-refractivity contribution in [1.29, 1.82) is 0 Å². The second-order valence-corrected chi connectivity index (χ2v) is 7.65. The Hall–Kier alpha value is -2.39. The number of ether oxygens (including phenoxy) is 1. The molecule has 14 nitrogen and oxygen atoms in total. The maximum Gasteiger partial charge on any atom is 0.407 e. The molecule has 0 saturated carbocycles. The summed E-state index contributed by atoms with van der Waals surface area (Å²) in [6.07, 6.45) is -5.75. The van der Waals surface area contributed by atoms with Crippen molar-refractivity contribution in [3.05, 3.63) is 0 Å². The molecule has 0 spiro atoms. The van der Waals surface area contributed by atoms with Crippen LogP contribution in [0.1, 0.15) is 6.92 Å². The Kier molecular flexibility index (Phi) is 12.0. The molecule has 1 saturated heterocycles. The van der Waals surface area contributed by atoms with Gasteiger partial charge >= 0.3 is 18.3 Å².